The van der Waals surface area contributed by atoms with Crippen LogP contribution < -0.4 is 0 Å². The number of methoxy groups -OCH3 is 1. The van der Waals surface area contributed by atoms with Gasteiger partial charge in [0.2, 0.25) is 0 Å². The lowest BCUT2D eigenvalue weighted by molar-refractivity contribution is 0.177. The van der Waals surface area contributed by atoms with E-state index >= 15 is 0 Å². The standard InChI is InChI=1S/C13H10FN3OS/c1-18-7-12-16-11(5-13(19)17-12)9-2-8(6-15)3-10(14)4-9/h2-5H,7H2,1H3,(H,16,17,19). The topological polar surface area (TPSA) is 61.7 Å². The molecule has 2 aromatic rings. The van der Waals surface area contributed by atoms with Crippen molar-refractivity contribution >= 4 is 12.2 Å². The first-order valence-electron chi connectivity index (χ1n) is 5.42. The maximum Gasteiger partial charge on any atom is 0.134 e. The fourth-order valence-corrected chi connectivity index (χ4v) is 1.91. The summed E-state index contributed by atoms with van der Waals surface area (Å²) in [5, 5.41) is 8.85. The Labute approximate surface area is 114 Å². The lowest BCUT2D eigenvalue weighted by atomic mass is 10.1. The number of rotatable bonds is 3. The van der Waals surface area contributed by atoms with Gasteiger partial charge in [-0.3, -0.25) is 0 Å². The van der Waals surface area contributed by atoms with Crippen LogP contribution in [0.15, 0.2) is 24.3 Å². The molecule has 0 atom stereocenters. The lowest BCUT2D eigenvalue weighted by Crippen LogP contribution is -1.99. The lowest BCUT2D eigenvalue weighted by Gasteiger charge is -2.06. The van der Waals surface area contributed by atoms with E-state index in [0.29, 0.717) is 21.7 Å². The highest BCUT2D eigenvalue weighted by Gasteiger charge is 2.06. The molecule has 2 rings (SSSR count). The molecule has 1 aromatic carbocycles. The average molecular weight is 275 g/mol. The number of nitriles is 1. The summed E-state index contributed by atoms with van der Waals surface area (Å²) in [6.07, 6.45) is 0. The second kappa shape index (κ2) is 5.69. The minimum absolute atomic E-state index is 0.249. The van der Waals surface area contributed by atoms with Crippen LogP contribution in [0.25, 0.3) is 11.3 Å². The number of hydrogen-bond donors (Lipinski definition) is 1. The van der Waals surface area contributed by atoms with E-state index in [1.54, 1.807) is 19.2 Å². The van der Waals surface area contributed by atoms with Gasteiger partial charge in [-0.15, -0.1) is 0 Å². The van der Waals surface area contributed by atoms with E-state index in [2.05, 4.69) is 9.97 Å². The van der Waals surface area contributed by atoms with Crippen molar-refractivity contribution in [2.75, 3.05) is 7.11 Å². The van der Waals surface area contributed by atoms with E-state index in [9.17, 15) is 4.39 Å². The molecule has 0 unspecified atom stereocenters. The molecule has 0 aliphatic carbocycles. The van der Waals surface area contributed by atoms with Crippen molar-refractivity contribution in [2.45, 2.75) is 6.61 Å². The van der Waals surface area contributed by atoms with Crippen LogP contribution in [-0.4, -0.2) is 17.1 Å². The summed E-state index contributed by atoms with van der Waals surface area (Å²) >= 11 is 5.05. The summed E-state index contributed by atoms with van der Waals surface area (Å²) in [6.45, 7) is 0.276. The molecule has 0 aliphatic heterocycles. The van der Waals surface area contributed by atoms with E-state index in [-0.39, 0.29) is 12.2 Å². The maximum atomic E-state index is 13.4. The van der Waals surface area contributed by atoms with E-state index in [1.165, 1.54) is 12.1 Å². The first-order valence-corrected chi connectivity index (χ1v) is 5.83. The van der Waals surface area contributed by atoms with Crippen molar-refractivity contribution < 1.29 is 9.13 Å². The molecule has 0 amide bonds. The molecule has 0 saturated carbocycles. The predicted octanol–water partition coefficient (Wildman–Crippen LogP) is 2.96. The number of aromatic nitrogens is 2. The fraction of sp³-hybridized carbons (Fsp3) is 0.154. The predicted molar refractivity (Wildman–Crippen MR) is 70.2 cm³/mol. The summed E-state index contributed by atoms with van der Waals surface area (Å²) in [7, 11) is 1.54. The van der Waals surface area contributed by atoms with Crippen LogP contribution in [0, 0.1) is 21.8 Å². The molecule has 0 radical (unpaired) electrons. The average Bonchev–Trinajstić information content (AvgIpc) is 2.37. The van der Waals surface area contributed by atoms with Crippen LogP contribution in [0.3, 0.4) is 0 Å². The minimum Gasteiger partial charge on any atom is -0.377 e. The second-order valence-corrected chi connectivity index (χ2v) is 4.27. The highest BCUT2D eigenvalue weighted by molar-refractivity contribution is 7.71. The van der Waals surface area contributed by atoms with Gasteiger partial charge in [0.1, 0.15) is 22.9 Å². The van der Waals surface area contributed by atoms with Crippen LogP contribution in [0.5, 0.6) is 0 Å². The molecule has 0 spiro atoms. The SMILES string of the molecule is COCc1nc(=S)cc(-c2cc(F)cc(C#N)c2)[nH]1. The fourth-order valence-electron chi connectivity index (χ4n) is 1.68. The van der Waals surface area contributed by atoms with Gasteiger partial charge in [0.05, 0.1) is 11.6 Å². The molecule has 1 heterocycles. The second-order valence-electron chi connectivity index (χ2n) is 3.85. The van der Waals surface area contributed by atoms with Crippen molar-refractivity contribution in [3.05, 3.63) is 46.1 Å². The minimum atomic E-state index is -0.474. The largest absolute Gasteiger partial charge is 0.377 e. The van der Waals surface area contributed by atoms with Crippen molar-refractivity contribution in [3.63, 3.8) is 0 Å². The number of ether oxygens (including phenoxy) is 1. The van der Waals surface area contributed by atoms with E-state index in [4.69, 9.17) is 22.2 Å². The van der Waals surface area contributed by atoms with Crippen molar-refractivity contribution in [3.8, 4) is 17.3 Å². The number of benzene rings is 1. The van der Waals surface area contributed by atoms with Crippen molar-refractivity contribution in [2.24, 2.45) is 0 Å². The Morgan fingerprint density at radius 1 is 1.42 bits per heavy atom. The van der Waals surface area contributed by atoms with Gasteiger partial charge in [0.15, 0.2) is 0 Å². The molecule has 0 saturated heterocycles. The number of hydrogen-bond acceptors (Lipinski definition) is 4. The van der Waals surface area contributed by atoms with Crippen LogP contribution >= 0.6 is 12.2 Å². The van der Waals surface area contributed by atoms with Crippen LogP contribution in [0.1, 0.15) is 11.4 Å². The van der Waals surface area contributed by atoms with E-state index < -0.39 is 5.82 Å². The molecule has 19 heavy (non-hydrogen) atoms. The maximum absolute atomic E-state index is 13.4. The molecule has 6 heteroatoms. The monoisotopic (exact) mass is 275 g/mol. The first kappa shape index (κ1) is 13.3. The van der Waals surface area contributed by atoms with Crippen molar-refractivity contribution in [1.29, 1.82) is 5.26 Å². The Hall–Kier alpha value is -2.10. The van der Waals surface area contributed by atoms with Crippen molar-refractivity contribution in [1.82, 2.24) is 9.97 Å². The Kier molecular flexibility index (Phi) is 4.00. The van der Waals surface area contributed by atoms with E-state index in [1.807, 2.05) is 6.07 Å². The molecule has 96 valence electrons. The molecule has 1 N–H and O–H groups in total. The highest BCUT2D eigenvalue weighted by Crippen LogP contribution is 2.20. The molecular formula is C13H10FN3OS. The summed E-state index contributed by atoms with van der Waals surface area (Å²) in [5.41, 5.74) is 1.39. The third-order valence-electron chi connectivity index (χ3n) is 2.41. The summed E-state index contributed by atoms with van der Waals surface area (Å²) in [5.74, 6) is 0.0752. The van der Waals surface area contributed by atoms with Gasteiger partial charge in [-0.05, 0) is 24.3 Å². The van der Waals surface area contributed by atoms with Gasteiger partial charge in [-0.1, -0.05) is 12.2 Å². The van der Waals surface area contributed by atoms with Crippen LogP contribution in [0.2, 0.25) is 0 Å². The molecule has 1 aromatic heterocycles. The molecule has 4 nitrogen and oxygen atoms in total. The van der Waals surface area contributed by atoms with Gasteiger partial charge in [-0.2, -0.15) is 5.26 Å². The Morgan fingerprint density at radius 2 is 2.21 bits per heavy atom. The Morgan fingerprint density at radius 3 is 2.89 bits per heavy atom. The number of aromatic amines is 1. The summed E-state index contributed by atoms with van der Waals surface area (Å²) < 4.78 is 18.8. The third-order valence-corrected chi connectivity index (χ3v) is 2.62. The molecule has 0 fully saturated rings. The number of nitrogens with zero attached hydrogens (tertiary/aromatic N) is 2. The number of halogens is 1. The smallest absolute Gasteiger partial charge is 0.134 e. The van der Waals surface area contributed by atoms with Gasteiger partial charge >= 0.3 is 0 Å². The van der Waals surface area contributed by atoms with Gasteiger partial charge in [0, 0.05) is 18.4 Å². The highest BCUT2D eigenvalue weighted by atomic mass is 32.1. The molecule has 0 bridgehead atoms. The normalized spacial score (nSPS) is 10.2. The van der Waals surface area contributed by atoms with Crippen LogP contribution in [0.4, 0.5) is 4.39 Å². The van der Waals surface area contributed by atoms with Crippen LogP contribution in [-0.2, 0) is 11.3 Å². The first-order chi connectivity index (χ1) is 9.12. The van der Waals surface area contributed by atoms with Gasteiger partial charge < -0.3 is 9.72 Å². The zero-order valence-corrected chi connectivity index (χ0v) is 10.9. The van der Waals surface area contributed by atoms with Gasteiger partial charge in [0.25, 0.3) is 0 Å². The zero-order valence-electron chi connectivity index (χ0n) is 10.1. The van der Waals surface area contributed by atoms with Gasteiger partial charge in [-0.25, -0.2) is 9.37 Å². The zero-order chi connectivity index (χ0) is 13.8. The molecular weight excluding hydrogens is 265 g/mol. The summed E-state index contributed by atoms with van der Waals surface area (Å²) in [4.78, 5) is 7.09. The third kappa shape index (κ3) is 3.22. The number of nitrogens with one attached hydrogen (secondary N) is 1. The number of H-pyrrole nitrogens is 1. The Balaban J connectivity index is 2.55. The quantitative estimate of drug-likeness (QED) is 0.875. The Bertz CT molecular complexity index is 706. The van der Waals surface area contributed by atoms with E-state index in [0.717, 1.165) is 0 Å². The summed E-state index contributed by atoms with van der Waals surface area (Å²) in [6, 6.07) is 7.62. The molecule has 0 aliphatic rings.